The Morgan fingerprint density at radius 3 is 2.44 bits per heavy atom. The van der Waals surface area contributed by atoms with Crippen LogP contribution in [-0.2, 0) is 19.6 Å². The van der Waals surface area contributed by atoms with Gasteiger partial charge in [-0.2, -0.15) is 4.31 Å². The number of fused-ring (bicyclic) bond motifs is 1. The number of hydrogen-bond donors (Lipinski definition) is 0. The molecule has 0 saturated carbocycles. The van der Waals surface area contributed by atoms with Gasteiger partial charge < -0.3 is 14.2 Å². The summed E-state index contributed by atoms with van der Waals surface area (Å²) in [5.41, 5.74) is 6.58. The third-order valence-corrected chi connectivity index (χ3v) is 9.32. The van der Waals surface area contributed by atoms with Gasteiger partial charge in [-0.15, -0.1) is 0 Å². The van der Waals surface area contributed by atoms with E-state index >= 15 is 0 Å². The van der Waals surface area contributed by atoms with E-state index in [1.54, 1.807) is 30.1 Å². The first-order chi connectivity index (χ1) is 17.1. The molecule has 0 unspecified atom stereocenters. The molecule has 7 nitrogen and oxygen atoms in total. The van der Waals surface area contributed by atoms with Gasteiger partial charge in [0.05, 0.1) is 23.8 Å². The number of likely N-dealkylation sites (N-methyl/N-ethyl adjacent to an activating group) is 1. The van der Waals surface area contributed by atoms with Crippen molar-refractivity contribution in [2.45, 2.75) is 25.7 Å². The van der Waals surface area contributed by atoms with Crippen LogP contribution < -0.4 is 4.90 Å². The molecule has 0 N–H and O–H groups in total. The molecule has 36 heavy (non-hydrogen) atoms. The summed E-state index contributed by atoms with van der Waals surface area (Å²) in [6, 6.07) is 12.7. The fraction of sp³-hybridized carbons (Fsp3) is 0.296. The maximum atomic E-state index is 13.3. The Morgan fingerprint density at radius 2 is 1.72 bits per heavy atom. The molecular formula is C27H28ClN3O4S. The Hall–Kier alpha value is -2.91. The number of nitrogens with zero attached hydrogens (tertiary/aromatic N) is 3. The van der Waals surface area contributed by atoms with E-state index in [1.165, 1.54) is 4.31 Å². The van der Waals surface area contributed by atoms with Gasteiger partial charge in [0.2, 0.25) is 10.0 Å². The third kappa shape index (κ3) is 3.98. The Balaban J connectivity index is 1.60. The highest BCUT2D eigenvalue weighted by atomic mass is 35.5. The second-order valence-corrected chi connectivity index (χ2v) is 11.5. The van der Waals surface area contributed by atoms with Crippen LogP contribution in [0.4, 0.5) is 5.69 Å². The number of carbonyl (C=O) groups excluding carboxylic acids is 1. The van der Waals surface area contributed by atoms with Crippen molar-refractivity contribution >= 4 is 44.9 Å². The normalized spacial score (nSPS) is 17.8. The van der Waals surface area contributed by atoms with E-state index in [1.807, 2.05) is 51.1 Å². The van der Waals surface area contributed by atoms with Gasteiger partial charge in [-0.3, -0.25) is 4.79 Å². The summed E-state index contributed by atoms with van der Waals surface area (Å²) in [6.45, 7) is 7.38. The summed E-state index contributed by atoms with van der Waals surface area (Å²) in [4.78, 5) is 15.0. The molecular weight excluding hydrogens is 498 g/mol. The summed E-state index contributed by atoms with van der Waals surface area (Å²) in [6.07, 6.45) is 1.86. The van der Waals surface area contributed by atoms with Crippen molar-refractivity contribution in [3.63, 3.8) is 0 Å². The molecule has 0 atom stereocenters. The second kappa shape index (κ2) is 9.19. The number of amides is 1. The van der Waals surface area contributed by atoms with Gasteiger partial charge in [-0.05, 0) is 74.4 Å². The zero-order valence-corrected chi connectivity index (χ0v) is 22.3. The number of aryl methyl sites for hydroxylation is 1. The molecule has 0 bridgehead atoms. The first-order valence-electron chi connectivity index (χ1n) is 11.8. The van der Waals surface area contributed by atoms with E-state index in [9.17, 15) is 13.2 Å². The maximum Gasteiger partial charge on any atom is 0.258 e. The van der Waals surface area contributed by atoms with Crippen molar-refractivity contribution in [2.24, 2.45) is 0 Å². The number of aromatic nitrogens is 1. The number of rotatable bonds is 4. The van der Waals surface area contributed by atoms with Crippen LogP contribution in [0.1, 0.15) is 28.1 Å². The first-order valence-corrected chi connectivity index (χ1v) is 13.6. The van der Waals surface area contributed by atoms with Gasteiger partial charge in [-0.25, -0.2) is 8.42 Å². The largest absolute Gasteiger partial charge is 0.379 e. The summed E-state index contributed by atoms with van der Waals surface area (Å²) in [7, 11) is -1.99. The van der Waals surface area contributed by atoms with E-state index in [-0.39, 0.29) is 10.8 Å². The van der Waals surface area contributed by atoms with Gasteiger partial charge in [0.1, 0.15) is 0 Å². The monoisotopic (exact) mass is 525 g/mol. The number of hydrogen-bond acceptors (Lipinski definition) is 4. The number of ether oxygens (including phenoxy) is 1. The van der Waals surface area contributed by atoms with Crippen molar-refractivity contribution in [2.75, 3.05) is 38.3 Å². The zero-order valence-electron chi connectivity index (χ0n) is 20.7. The lowest BCUT2D eigenvalue weighted by atomic mass is 10.0. The minimum absolute atomic E-state index is 0.172. The van der Waals surface area contributed by atoms with Gasteiger partial charge >= 0.3 is 0 Å². The van der Waals surface area contributed by atoms with Gasteiger partial charge in [-0.1, -0.05) is 17.7 Å². The lowest BCUT2D eigenvalue weighted by Gasteiger charge is -2.26. The summed E-state index contributed by atoms with van der Waals surface area (Å²) in [5.74, 6) is -0.172. The first kappa shape index (κ1) is 24.8. The summed E-state index contributed by atoms with van der Waals surface area (Å²) in [5, 5.41) is 0.690. The molecule has 3 aromatic rings. The predicted molar refractivity (Wildman–Crippen MR) is 142 cm³/mol. The van der Waals surface area contributed by atoms with E-state index in [0.29, 0.717) is 48.1 Å². The van der Waals surface area contributed by atoms with Gasteiger partial charge in [0, 0.05) is 53.4 Å². The van der Waals surface area contributed by atoms with Gasteiger partial charge in [0.25, 0.3) is 5.91 Å². The topological polar surface area (TPSA) is 71.9 Å². The molecule has 0 aliphatic carbocycles. The fourth-order valence-corrected chi connectivity index (χ4v) is 6.57. The number of benzene rings is 2. The quantitative estimate of drug-likeness (QED) is 0.467. The SMILES string of the molecule is Cc1c(Cl)cccc1-n1c(C)cc(C=C2C(=O)N(C)c3ccc(S(=O)(=O)N4CCOCC4)cc32)c1C. The minimum Gasteiger partial charge on any atom is -0.379 e. The van der Waals surface area contributed by atoms with Crippen molar-refractivity contribution in [1.29, 1.82) is 0 Å². The van der Waals surface area contributed by atoms with Crippen molar-refractivity contribution in [3.8, 4) is 5.69 Å². The highest BCUT2D eigenvalue weighted by Gasteiger charge is 2.33. The van der Waals surface area contributed by atoms with Crippen LogP contribution in [-0.4, -0.2) is 56.5 Å². The zero-order chi connectivity index (χ0) is 25.8. The van der Waals surface area contributed by atoms with E-state index in [4.69, 9.17) is 16.3 Å². The molecule has 0 radical (unpaired) electrons. The molecule has 188 valence electrons. The minimum atomic E-state index is -3.69. The number of carbonyl (C=O) groups is 1. The molecule has 0 spiro atoms. The summed E-state index contributed by atoms with van der Waals surface area (Å²) >= 11 is 6.38. The average Bonchev–Trinajstić information content (AvgIpc) is 3.28. The molecule has 1 fully saturated rings. The number of anilines is 1. The predicted octanol–water partition coefficient (Wildman–Crippen LogP) is 4.59. The molecule has 1 amide bonds. The van der Waals surface area contributed by atoms with Crippen LogP contribution in [0.25, 0.3) is 17.3 Å². The van der Waals surface area contributed by atoms with Crippen molar-refractivity contribution in [3.05, 3.63) is 75.6 Å². The Bertz CT molecular complexity index is 1520. The van der Waals surface area contributed by atoms with Gasteiger partial charge in [0.15, 0.2) is 0 Å². The van der Waals surface area contributed by atoms with Crippen LogP contribution in [0.2, 0.25) is 5.02 Å². The molecule has 1 aromatic heterocycles. The van der Waals surface area contributed by atoms with Crippen LogP contribution >= 0.6 is 11.6 Å². The van der Waals surface area contributed by atoms with Crippen LogP contribution in [0, 0.1) is 20.8 Å². The van der Waals surface area contributed by atoms with E-state index in [2.05, 4.69) is 4.57 Å². The highest BCUT2D eigenvalue weighted by molar-refractivity contribution is 7.89. The molecule has 2 aliphatic rings. The molecule has 1 saturated heterocycles. The van der Waals surface area contributed by atoms with Crippen molar-refractivity contribution < 1.29 is 17.9 Å². The van der Waals surface area contributed by atoms with Crippen molar-refractivity contribution in [1.82, 2.24) is 8.87 Å². The van der Waals surface area contributed by atoms with E-state index in [0.717, 1.165) is 28.2 Å². The maximum absolute atomic E-state index is 13.3. The Kier molecular flexibility index (Phi) is 6.32. The summed E-state index contributed by atoms with van der Waals surface area (Å²) < 4.78 is 35.4. The smallest absolute Gasteiger partial charge is 0.258 e. The van der Waals surface area contributed by atoms with Crippen LogP contribution in [0.3, 0.4) is 0 Å². The average molecular weight is 526 g/mol. The third-order valence-electron chi connectivity index (χ3n) is 7.01. The molecule has 9 heteroatoms. The number of morpholine rings is 1. The van der Waals surface area contributed by atoms with Crippen LogP contribution in [0.15, 0.2) is 47.4 Å². The van der Waals surface area contributed by atoms with E-state index < -0.39 is 10.0 Å². The number of halogens is 1. The molecule has 2 aromatic carbocycles. The lowest BCUT2D eigenvalue weighted by molar-refractivity contribution is -0.112. The van der Waals surface area contributed by atoms with Crippen LogP contribution in [0.5, 0.6) is 0 Å². The number of sulfonamides is 1. The Labute approximate surface area is 216 Å². The molecule has 3 heterocycles. The molecule has 5 rings (SSSR count). The Morgan fingerprint density at radius 1 is 1.00 bits per heavy atom. The standard InChI is InChI=1S/C27H28ClN3O4S/c1-17-14-20(19(3)31(17)25-7-5-6-24(28)18(25)2)15-23-22-16-21(8-9-26(22)29(4)27(23)32)36(33,34)30-10-12-35-13-11-30/h5-9,14-16H,10-13H2,1-4H3. The lowest BCUT2D eigenvalue weighted by Crippen LogP contribution is -2.40. The fourth-order valence-electron chi connectivity index (χ4n) is 4.96. The second-order valence-electron chi connectivity index (χ2n) is 9.16. The molecule has 2 aliphatic heterocycles. The highest BCUT2D eigenvalue weighted by Crippen LogP contribution is 2.39.